The summed E-state index contributed by atoms with van der Waals surface area (Å²) in [6.45, 7) is 0. The van der Waals surface area contributed by atoms with Gasteiger partial charge in [-0.2, -0.15) is 0 Å². The largest absolute Gasteiger partial charge is 0.256 e. The molecule has 6 rings (SSSR count). The SMILES string of the molecule is O=S(=O)(Cc1ccc(-c2ncccc2-c2ccccc2)cc1F)Cc1ccc(-c2ncccc2-c2ccccc2)cc1F. The van der Waals surface area contributed by atoms with Crippen molar-refractivity contribution in [3.63, 3.8) is 0 Å². The van der Waals surface area contributed by atoms with E-state index in [9.17, 15) is 8.42 Å². The van der Waals surface area contributed by atoms with Gasteiger partial charge in [-0.05, 0) is 35.4 Å². The third kappa shape index (κ3) is 6.27. The van der Waals surface area contributed by atoms with E-state index in [0.717, 1.165) is 22.3 Å². The summed E-state index contributed by atoms with van der Waals surface area (Å²) < 4.78 is 56.7. The molecule has 0 atom stereocenters. The highest BCUT2D eigenvalue weighted by Crippen LogP contribution is 2.33. The average Bonchev–Trinajstić information content (AvgIpc) is 3.04. The lowest BCUT2D eigenvalue weighted by Crippen LogP contribution is -2.10. The van der Waals surface area contributed by atoms with E-state index in [1.165, 1.54) is 24.3 Å². The average molecular weight is 589 g/mol. The summed E-state index contributed by atoms with van der Waals surface area (Å²) in [4.78, 5) is 8.91. The molecular weight excluding hydrogens is 562 g/mol. The van der Waals surface area contributed by atoms with Gasteiger partial charge in [-0.3, -0.25) is 9.97 Å². The van der Waals surface area contributed by atoms with Gasteiger partial charge in [-0.15, -0.1) is 0 Å². The van der Waals surface area contributed by atoms with Crippen molar-refractivity contribution in [3.05, 3.63) is 156 Å². The standard InChI is InChI=1S/C36H26F2N2O2S/c37-33-21-27(35-31(13-7-19-39-35)25-9-3-1-4-10-25)15-17-29(33)23-43(41,42)24-30-18-16-28(22-34(30)38)36-32(14-8-20-40-36)26-11-5-2-6-12-26/h1-22H,23-24H2. The van der Waals surface area contributed by atoms with Crippen LogP contribution in [-0.4, -0.2) is 18.4 Å². The van der Waals surface area contributed by atoms with E-state index in [4.69, 9.17) is 0 Å². The summed E-state index contributed by atoms with van der Waals surface area (Å²) in [6, 6.07) is 35.5. The molecule has 2 heterocycles. The normalized spacial score (nSPS) is 11.4. The highest BCUT2D eigenvalue weighted by molar-refractivity contribution is 7.89. The summed E-state index contributed by atoms with van der Waals surface area (Å²) in [7, 11) is -3.90. The zero-order valence-corrected chi connectivity index (χ0v) is 23.8. The molecule has 4 nitrogen and oxygen atoms in total. The van der Waals surface area contributed by atoms with E-state index < -0.39 is 33.0 Å². The number of nitrogens with zero attached hydrogens (tertiary/aromatic N) is 2. The fraction of sp³-hybridized carbons (Fsp3) is 0.0556. The summed E-state index contributed by atoms with van der Waals surface area (Å²) in [5, 5.41) is 0. The molecule has 0 saturated carbocycles. The maximum absolute atomic E-state index is 15.3. The van der Waals surface area contributed by atoms with E-state index in [1.807, 2.05) is 84.9 Å². The van der Waals surface area contributed by atoms with E-state index >= 15 is 8.78 Å². The van der Waals surface area contributed by atoms with Crippen LogP contribution in [0.25, 0.3) is 44.8 Å². The van der Waals surface area contributed by atoms with Crippen LogP contribution in [0.2, 0.25) is 0 Å². The Labute approximate surface area is 249 Å². The Hall–Kier alpha value is -5.01. The van der Waals surface area contributed by atoms with Crippen molar-refractivity contribution in [3.8, 4) is 44.8 Å². The Morgan fingerprint density at radius 2 is 0.907 bits per heavy atom. The van der Waals surface area contributed by atoms with Gasteiger partial charge in [-0.1, -0.05) is 97.1 Å². The molecule has 0 N–H and O–H groups in total. The minimum Gasteiger partial charge on any atom is -0.256 e. The molecule has 7 heteroatoms. The molecule has 0 bridgehead atoms. The van der Waals surface area contributed by atoms with Crippen LogP contribution in [0.4, 0.5) is 8.78 Å². The quantitative estimate of drug-likeness (QED) is 0.179. The zero-order valence-electron chi connectivity index (χ0n) is 23.0. The molecular formula is C36H26F2N2O2S. The minimum atomic E-state index is -3.90. The van der Waals surface area contributed by atoms with Crippen LogP contribution in [0, 0.1) is 11.6 Å². The lowest BCUT2D eigenvalue weighted by Gasteiger charge is -2.12. The highest BCUT2D eigenvalue weighted by Gasteiger charge is 2.20. The first kappa shape index (κ1) is 28.1. The van der Waals surface area contributed by atoms with Crippen molar-refractivity contribution >= 4 is 9.84 Å². The second kappa shape index (κ2) is 12.1. The topological polar surface area (TPSA) is 59.9 Å². The number of sulfone groups is 1. The van der Waals surface area contributed by atoms with Gasteiger partial charge in [0.1, 0.15) is 11.6 Å². The van der Waals surface area contributed by atoms with Crippen molar-refractivity contribution in [2.24, 2.45) is 0 Å². The number of aromatic nitrogens is 2. The van der Waals surface area contributed by atoms with E-state index in [-0.39, 0.29) is 11.1 Å². The Bertz CT molecular complexity index is 1870. The number of halogens is 2. The number of hydrogen-bond donors (Lipinski definition) is 0. The number of pyridine rings is 2. The predicted molar refractivity (Wildman–Crippen MR) is 166 cm³/mol. The van der Waals surface area contributed by atoms with Crippen molar-refractivity contribution < 1.29 is 17.2 Å². The lowest BCUT2D eigenvalue weighted by molar-refractivity contribution is 0.581. The molecule has 0 unspecified atom stereocenters. The number of rotatable bonds is 8. The lowest BCUT2D eigenvalue weighted by atomic mass is 9.99. The van der Waals surface area contributed by atoms with Crippen molar-refractivity contribution in [2.45, 2.75) is 11.5 Å². The summed E-state index contributed by atoms with van der Waals surface area (Å²) >= 11 is 0. The monoisotopic (exact) mass is 588 g/mol. The Morgan fingerprint density at radius 1 is 0.488 bits per heavy atom. The Kier molecular flexibility index (Phi) is 7.90. The van der Waals surface area contributed by atoms with Gasteiger partial charge in [0, 0.05) is 45.8 Å². The molecule has 0 saturated heterocycles. The van der Waals surface area contributed by atoms with Crippen LogP contribution in [0.15, 0.2) is 134 Å². The third-order valence-electron chi connectivity index (χ3n) is 7.19. The van der Waals surface area contributed by atoms with Crippen molar-refractivity contribution in [2.75, 3.05) is 0 Å². The van der Waals surface area contributed by atoms with Crippen LogP contribution in [0.5, 0.6) is 0 Å². The molecule has 0 aliphatic carbocycles. The molecule has 212 valence electrons. The fourth-order valence-corrected chi connectivity index (χ4v) is 6.64. The van der Waals surface area contributed by atoms with Gasteiger partial charge >= 0.3 is 0 Å². The molecule has 0 spiro atoms. The fourth-order valence-electron chi connectivity index (χ4n) is 5.12. The molecule has 6 aromatic rings. The molecule has 4 aromatic carbocycles. The van der Waals surface area contributed by atoms with Gasteiger partial charge in [0.15, 0.2) is 9.84 Å². The number of hydrogen-bond acceptors (Lipinski definition) is 4. The van der Waals surface area contributed by atoms with Gasteiger partial charge in [-0.25, -0.2) is 17.2 Å². The van der Waals surface area contributed by atoms with Crippen LogP contribution < -0.4 is 0 Å². The first-order valence-corrected chi connectivity index (χ1v) is 15.5. The minimum absolute atomic E-state index is 0.0129. The molecule has 0 aliphatic rings. The molecule has 43 heavy (non-hydrogen) atoms. The van der Waals surface area contributed by atoms with Gasteiger partial charge in [0.25, 0.3) is 0 Å². The van der Waals surface area contributed by atoms with Crippen LogP contribution >= 0.6 is 0 Å². The van der Waals surface area contributed by atoms with Crippen molar-refractivity contribution in [1.29, 1.82) is 0 Å². The Morgan fingerprint density at radius 3 is 1.30 bits per heavy atom. The van der Waals surface area contributed by atoms with Gasteiger partial charge < -0.3 is 0 Å². The second-order valence-corrected chi connectivity index (χ2v) is 12.2. The maximum atomic E-state index is 15.3. The second-order valence-electron chi connectivity index (χ2n) is 10.2. The molecule has 0 aliphatic heterocycles. The van der Waals surface area contributed by atoms with Gasteiger partial charge in [0.05, 0.1) is 22.9 Å². The molecule has 0 fully saturated rings. The molecule has 2 aromatic heterocycles. The van der Waals surface area contributed by atoms with E-state index in [0.29, 0.717) is 22.5 Å². The van der Waals surface area contributed by atoms with Crippen LogP contribution in [-0.2, 0) is 21.3 Å². The van der Waals surface area contributed by atoms with Gasteiger partial charge in [0.2, 0.25) is 0 Å². The zero-order chi connectivity index (χ0) is 29.8. The summed E-state index contributed by atoms with van der Waals surface area (Å²) in [6.07, 6.45) is 3.27. The predicted octanol–water partition coefficient (Wildman–Crippen LogP) is 8.54. The Balaban J connectivity index is 1.22. The smallest absolute Gasteiger partial charge is 0.158 e. The number of benzene rings is 4. The third-order valence-corrected chi connectivity index (χ3v) is 8.69. The molecule has 0 radical (unpaired) electrons. The first-order valence-electron chi connectivity index (χ1n) is 13.7. The van der Waals surface area contributed by atoms with Crippen molar-refractivity contribution in [1.82, 2.24) is 9.97 Å². The van der Waals surface area contributed by atoms with Crippen LogP contribution in [0.1, 0.15) is 11.1 Å². The summed E-state index contributed by atoms with van der Waals surface area (Å²) in [5.41, 5.74) is 5.81. The van der Waals surface area contributed by atoms with E-state index in [1.54, 1.807) is 24.5 Å². The maximum Gasteiger partial charge on any atom is 0.158 e. The molecule has 0 amide bonds. The van der Waals surface area contributed by atoms with E-state index in [2.05, 4.69) is 9.97 Å². The highest BCUT2D eigenvalue weighted by atomic mass is 32.2. The summed E-state index contributed by atoms with van der Waals surface area (Å²) in [5.74, 6) is -2.45. The first-order chi connectivity index (χ1) is 20.9. The van der Waals surface area contributed by atoms with Crippen LogP contribution in [0.3, 0.4) is 0 Å².